The largest absolute Gasteiger partial charge is 0.105 e. The van der Waals surface area contributed by atoms with Gasteiger partial charge in [0, 0.05) is 0 Å². The zero-order valence-corrected chi connectivity index (χ0v) is 10.9. The quantitative estimate of drug-likeness (QED) is 0.583. The summed E-state index contributed by atoms with van der Waals surface area (Å²) in [5, 5.41) is 0. The zero-order valence-electron chi connectivity index (χ0n) is 10.9. The van der Waals surface area contributed by atoms with Gasteiger partial charge in [0.1, 0.15) is 7.85 Å². The van der Waals surface area contributed by atoms with E-state index in [1.165, 1.54) is 6.42 Å². The summed E-state index contributed by atoms with van der Waals surface area (Å²) < 4.78 is 0. The minimum absolute atomic E-state index is 0.466. The summed E-state index contributed by atoms with van der Waals surface area (Å²) in [6.07, 6.45) is 1.31. The standard InChI is InChI=1S/C12H27B/c1-9(2)11(4,5)8-12(6,7)10(3)13/h9-10H,8,13H2,1-7H3. The summed E-state index contributed by atoms with van der Waals surface area (Å²) in [5.41, 5.74) is 0.932. The number of hydrogen-bond donors (Lipinski definition) is 0. The van der Waals surface area contributed by atoms with Crippen LogP contribution in [0.3, 0.4) is 0 Å². The lowest BCUT2D eigenvalue weighted by molar-refractivity contribution is 0.137. The predicted octanol–water partition coefficient (Wildman–Crippen LogP) is 3.53. The lowest BCUT2D eigenvalue weighted by atomic mass is 9.60. The molecule has 0 fully saturated rings. The van der Waals surface area contributed by atoms with Gasteiger partial charge in [-0.25, -0.2) is 0 Å². The fraction of sp³-hybridized carbons (Fsp3) is 1.00. The molecule has 0 aromatic rings. The van der Waals surface area contributed by atoms with Crippen molar-refractivity contribution in [2.75, 3.05) is 0 Å². The van der Waals surface area contributed by atoms with Gasteiger partial charge in [-0.05, 0) is 23.2 Å². The van der Waals surface area contributed by atoms with E-state index in [9.17, 15) is 0 Å². The van der Waals surface area contributed by atoms with Crippen LogP contribution >= 0.6 is 0 Å². The summed E-state index contributed by atoms with van der Waals surface area (Å²) in [5.74, 6) is 1.54. The molecule has 1 unspecified atom stereocenters. The molecule has 0 nitrogen and oxygen atoms in total. The summed E-state index contributed by atoms with van der Waals surface area (Å²) in [7, 11) is 2.33. The maximum absolute atomic E-state index is 2.39. The van der Waals surface area contributed by atoms with E-state index in [1.807, 2.05) is 0 Å². The van der Waals surface area contributed by atoms with Gasteiger partial charge in [0.2, 0.25) is 0 Å². The molecule has 1 heteroatoms. The highest BCUT2D eigenvalue weighted by molar-refractivity contribution is 6.11. The smallest absolute Gasteiger partial charge is 0.0692 e. The fourth-order valence-electron chi connectivity index (χ4n) is 1.58. The molecule has 0 radical (unpaired) electrons. The molecule has 0 aromatic heterocycles. The van der Waals surface area contributed by atoms with Crippen LogP contribution in [0.1, 0.15) is 54.9 Å². The molecule has 13 heavy (non-hydrogen) atoms. The average molecular weight is 182 g/mol. The second kappa shape index (κ2) is 4.06. The summed E-state index contributed by atoms with van der Waals surface area (Å²) in [4.78, 5) is 0. The van der Waals surface area contributed by atoms with E-state index in [2.05, 4.69) is 56.3 Å². The summed E-state index contributed by atoms with van der Waals surface area (Å²) in [6, 6.07) is 0. The Labute approximate surface area is 85.9 Å². The molecule has 0 aliphatic heterocycles. The Hall–Kier alpha value is 0.0649. The van der Waals surface area contributed by atoms with Crippen molar-refractivity contribution in [1.82, 2.24) is 0 Å². The third kappa shape index (κ3) is 3.75. The maximum Gasteiger partial charge on any atom is 0.105 e. The lowest BCUT2D eigenvalue weighted by Gasteiger charge is -2.40. The molecule has 0 saturated carbocycles. The zero-order chi connectivity index (χ0) is 10.9. The molecule has 0 bridgehead atoms. The Kier molecular flexibility index (Phi) is 4.08. The van der Waals surface area contributed by atoms with E-state index in [0.717, 1.165) is 11.7 Å². The summed E-state index contributed by atoms with van der Waals surface area (Å²) in [6.45, 7) is 16.6. The highest BCUT2D eigenvalue weighted by Gasteiger charge is 2.32. The fourth-order valence-corrected chi connectivity index (χ4v) is 1.58. The molecular formula is C12H27B. The van der Waals surface area contributed by atoms with Crippen LogP contribution in [-0.2, 0) is 0 Å². The van der Waals surface area contributed by atoms with E-state index in [4.69, 9.17) is 0 Å². The highest BCUT2D eigenvalue weighted by Crippen LogP contribution is 2.43. The lowest BCUT2D eigenvalue weighted by Crippen LogP contribution is -2.29. The molecule has 0 aliphatic rings. The minimum Gasteiger partial charge on any atom is -0.0692 e. The number of rotatable bonds is 4. The second-order valence-corrected chi connectivity index (χ2v) is 6.46. The van der Waals surface area contributed by atoms with Gasteiger partial charge in [0.15, 0.2) is 0 Å². The van der Waals surface area contributed by atoms with Crippen molar-refractivity contribution >= 4 is 7.85 Å². The van der Waals surface area contributed by atoms with Crippen LogP contribution < -0.4 is 0 Å². The highest BCUT2D eigenvalue weighted by atomic mass is 14.4. The van der Waals surface area contributed by atoms with Gasteiger partial charge in [0.25, 0.3) is 0 Å². The molecule has 78 valence electrons. The van der Waals surface area contributed by atoms with E-state index in [1.54, 1.807) is 0 Å². The second-order valence-electron chi connectivity index (χ2n) is 6.46. The van der Waals surface area contributed by atoms with Crippen molar-refractivity contribution in [3.05, 3.63) is 0 Å². The van der Waals surface area contributed by atoms with Crippen LogP contribution in [0.5, 0.6) is 0 Å². The number of hydrogen-bond acceptors (Lipinski definition) is 0. The molecule has 0 aromatic carbocycles. The van der Waals surface area contributed by atoms with Crippen LogP contribution in [0.25, 0.3) is 0 Å². The maximum atomic E-state index is 2.39. The molecule has 0 amide bonds. The van der Waals surface area contributed by atoms with Gasteiger partial charge in [-0.2, -0.15) is 0 Å². The first-order valence-electron chi connectivity index (χ1n) is 5.59. The Morgan fingerprint density at radius 1 is 0.923 bits per heavy atom. The van der Waals surface area contributed by atoms with E-state index < -0.39 is 0 Å². The van der Waals surface area contributed by atoms with Crippen LogP contribution in [0.4, 0.5) is 0 Å². The van der Waals surface area contributed by atoms with Crippen LogP contribution in [-0.4, -0.2) is 7.85 Å². The van der Waals surface area contributed by atoms with Crippen molar-refractivity contribution in [2.24, 2.45) is 16.7 Å². The Bertz CT molecular complexity index is 137. The minimum atomic E-state index is 0.466. The molecule has 0 N–H and O–H groups in total. The Balaban J connectivity index is 4.42. The molecule has 0 aliphatic carbocycles. The average Bonchev–Trinajstić information content (AvgIpc) is 1.83. The van der Waals surface area contributed by atoms with Crippen molar-refractivity contribution in [2.45, 2.75) is 60.7 Å². The van der Waals surface area contributed by atoms with E-state index in [-0.39, 0.29) is 0 Å². The topological polar surface area (TPSA) is 0 Å². The van der Waals surface area contributed by atoms with Crippen molar-refractivity contribution in [1.29, 1.82) is 0 Å². The van der Waals surface area contributed by atoms with Crippen molar-refractivity contribution < 1.29 is 0 Å². The van der Waals surface area contributed by atoms with Crippen molar-refractivity contribution in [3.63, 3.8) is 0 Å². The van der Waals surface area contributed by atoms with Gasteiger partial charge < -0.3 is 0 Å². The van der Waals surface area contributed by atoms with Gasteiger partial charge in [-0.1, -0.05) is 54.3 Å². The third-order valence-electron chi connectivity index (χ3n) is 4.04. The molecule has 0 saturated heterocycles. The van der Waals surface area contributed by atoms with Crippen molar-refractivity contribution in [3.8, 4) is 0 Å². The first-order chi connectivity index (χ1) is 5.59. The van der Waals surface area contributed by atoms with Gasteiger partial charge in [-0.3, -0.25) is 0 Å². The molecular weight excluding hydrogens is 155 g/mol. The molecule has 0 spiro atoms. The van der Waals surface area contributed by atoms with Gasteiger partial charge >= 0.3 is 0 Å². The SMILES string of the molecule is BC(C)C(C)(C)CC(C)(C)C(C)C. The Morgan fingerprint density at radius 2 is 1.31 bits per heavy atom. The van der Waals surface area contributed by atoms with Crippen LogP contribution in [0, 0.1) is 16.7 Å². The van der Waals surface area contributed by atoms with E-state index >= 15 is 0 Å². The van der Waals surface area contributed by atoms with Crippen LogP contribution in [0.15, 0.2) is 0 Å². The first kappa shape index (κ1) is 13.1. The first-order valence-corrected chi connectivity index (χ1v) is 5.59. The molecule has 0 heterocycles. The van der Waals surface area contributed by atoms with Crippen LogP contribution in [0.2, 0.25) is 5.82 Å². The Morgan fingerprint density at radius 3 is 1.54 bits per heavy atom. The van der Waals surface area contributed by atoms with Gasteiger partial charge in [0.05, 0.1) is 0 Å². The monoisotopic (exact) mass is 182 g/mol. The van der Waals surface area contributed by atoms with E-state index in [0.29, 0.717) is 10.8 Å². The summed E-state index contributed by atoms with van der Waals surface area (Å²) >= 11 is 0. The van der Waals surface area contributed by atoms with Gasteiger partial charge in [-0.15, -0.1) is 0 Å². The molecule has 1 atom stereocenters. The normalized spacial score (nSPS) is 16.3. The third-order valence-corrected chi connectivity index (χ3v) is 4.04. The molecule has 0 rings (SSSR count). The predicted molar refractivity (Wildman–Crippen MR) is 65.0 cm³/mol.